The third kappa shape index (κ3) is 4.08. The molecule has 7 heteroatoms. The van der Waals surface area contributed by atoms with E-state index in [1.54, 1.807) is 0 Å². The fraction of sp³-hybridized carbons (Fsp3) is 0.333. The number of rotatable bonds is 5. The second-order valence-electron chi connectivity index (χ2n) is 8.25. The van der Waals surface area contributed by atoms with Gasteiger partial charge >= 0.3 is 0 Å². The van der Waals surface area contributed by atoms with E-state index < -0.39 is 0 Å². The molecule has 0 aliphatic carbocycles. The Labute approximate surface area is 182 Å². The zero-order valence-electron chi connectivity index (χ0n) is 18.0. The van der Waals surface area contributed by atoms with E-state index in [0.29, 0.717) is 5.92 Å². The van der Waals surface area contributed by atoms with Gasteiger partial charge in [0.25, 0.3) is 0 Å². The molecule has 0 bridgehead atoms. The summed E-state index contributed by atoms with van der Waals surface area (Å²) in [4.78, 5) is 11.9. The molecule has 0 radical (unpaired) electrons. The van der Waals surface area contributed by atoms with Crippen molar-refractivity contribution in [3.05, 3.63) is 71.8 Å². The molecule has 4 aromatic rings. The molecule has 0 unspecified atom stereocenters. The fourth-order valence-corrected chi connectivity index (χ4v) is 4.23. The van der Waals surface area contributed by atoms with Crippen LogP contribution in [-0.4, -0.2) is 37.8 Å². The zero-order valence-corrected chi connectivity index (χ0v) is 18.0. The highest BCUT2D eigenvalue weighted by atomic mass is 15.3. The lowest BCUT2D eigenvalue weighted by atomic mass is 9.92. The predicted octanol–water partition coefficient (Wildman–Crippen LogP) is 4.06. The number of nitrogens with one attached hydrogen (secondary N) is 1. The zero-order chi connectivity index (χ0) is 21.2. The van der Waals surface area contributed by atoms with E-state index in [4.69, 9.17) is 4.98 Å². The van der Waals surface area contributed by atoms with Crippen LogP contribution in [0.4, 0.5) is 11.6 Å². The largest absolute Gasteiger partial charge is 0.364 e. The summed E-state index contributed by atoms with van der Waals surface area (Å²) in [5.74, 6) is 2.25. The second kappa shape index (κ2) is 8.34. The van der Waals surface area contributed by atoms with Gasteiger partial charge in [0.15, 0.2) is 11.6 Å². The van der Waals surface area contributed by atoms with Gasteiger partial charge in [-0.25, -0.2) is 9.97 Å². The van der Waals surface area contributed by atoms with Gasteiger partial charge in [-0.2, -0.15) is 5.10 Å². The smallest absolute Gasteiger partial charge is 0.154 e. The number of hydrogen-bond donors (Lipinski definition) is 1. The van der Waals surface area contributed by atoms with E-state index in [1.165, 1.54) is 5.56 Å². The van der Waals surface area contributed by atoms with Crippen molar-refractivity contribution in [1.29, 1.82) is 0 Å². The van der Waals surface area contributed by atoms with Crippen LogP contribution < -0.4 is 10.2 Å². The van der Waals surface area contributed by atoms with Gasteiger partial charge in [-0.05, 0) is 43.5 Å². The molecule has 1 aromatic carbocycles. The molecule has 3 aromatic heterocycles. The molecule has 1 N–H and O–H groups in total. The van der Waals surface area contributed by atoms with Crippen LogP contribution in [0.5, 0.6) is 0 Å². The number of aromatic nitrogens is 5. The summed E-state index contributed by atoms with van der Waals surface area (Å²) in [6.45, 7) is 4.61. The topological polar surface area (TPSA) is 71.8 Å². The molecule has 0 spiro atoms. The highest BCUT2D eigenvalue weighted by Gasteiger charge is 2.24. The summed E-state index contributed by atoms with van der Waals surface area (Å²) in [5, 5.41) is 12.1. The van der Waals surface area contributed by atoms with E-state index in [9.17, 15) is 0 Å². The number of nitrogens with zero attached hydrogens (tertiary/aromatic N) is 6. The first-order chi connectivity index (χ1) is 15.2. The average Bonchev–Trinajstić information content (AvgIpc) is 3.19. The van der Waals surface area contributed by atoms with Crippen molar-refractivity contribution in [2.24, 2.45) is 7.05 Å². The van der Waals surface area contributed by atoms with Crippen LogP contribution in [0.3, 0.4) is 0 Å². The van der Waals surface area contributed by atoms with Gasteiger partial charge < -0.3 is 14.8 Å². The summed E-state index contributed by atoms with van der Waals surface area (Å²) in [6.07, 6.45) is 3.95. The lowest BCUT2D eigenvalue weighted by Gasteiger charge is -2.32. The van der Waals surface area contributed by atoms with Gasteiger partial charge in [-0.1, -0.05) is 30.3 Å². The molecular formula is C24H27N7. The molecule has 4 heterocycles. The minimum absolute atomic E-state index is 0.422. The Hall–Kier alpha value is -3.48. The number of aryl methyl sites for hydroxylation is 2. The Bertz CT molecular complexity index is 1160. The lowest BCUT2D eigenvalue weighted by Crippen LogP contribution is -2.33. The molecule has 5 rings (SSSR count). The third-order valence-corrected chi connectivity index (χ3v) is 6.06. The van der Waals surface area contributed by atoms with Gasteiger partial charge in [0.1, 0.15) is 5.52 Å². The number of imidazole rings is 1. The summed E-state index contributed by atoms with van der Waals surface area (Å²) >= 11 is 0. The standard InChI is InChI=1S/C24H27N7/c1-17-8-9-22(29-28-17)31-12-10-19(11-13-31)20-14-21-23(26-16-30(21)2)24(27-20)25-15-18-6-4-3-5-7-18/h3-9,14,16,19H,10-13,15H2,1-2H3,(H,25,27). The third-order valence-electron chi connectivity index (χ3n) is 6.06. The van der Waals surface area contributed by atoms with Crippen LogP contribution in [0, 0.1) is 6.92 Å². The molecule has 1 fully saturated rings. The maximum Gasteiger partial charge on any atom is 0.154 e. The molecule has 1 aliphatic heterocycles. The lowest BCUT2D eigenvalue weighted by molar-refractivity contribution is 0.493. The molecule has 1 saturated heterocycles. The summed E-state index contributed by atoms with van der Waals surface area (Å²) in [6, 6.07) is 16.7. The van der Waals surface area contributed by atoms with Gasteiger partial charge in [-0.15, -0.1) is 5.10 Å². The number of hydrogen-bond acceptors (Lipinski definition) is 6. The van der Waals surface area contributed by atoms with Crippen molar-refractivity contribution in [2.75, 3.05) is 23.3 Å². The first kappa shape index (κ1) is 19.5. The van der Waals surface area contributed by atoms with Crippen molar-refractivity contribution < 1.29 is 0 Å². The Morgan fingerprint density at radius 3 is 2.58 bits per heavy atom. The summed E-state index contributed by atoms with van der Waals surface area (Å²) in [5.41, 5.74) is 5.36. The number of benzene rings is 1. The van der Waals surface area contributed by atoms with Crippen LogP contribution in [0.2, 0.25) is 0 Å². The van der Waals surface area contributed by atoms with Gasteiger partial charge in [0.05, 0.1) is 17.5 Å². The molecule has 0 saturated carbocycles. The van der Waals surface area contributed by atoms with Crippen LogP contribution in [0.25, 0.3) is 11.0 Å². The van der Waals surface area contributed by atoms with Crippen molar-refractivity contribution in [2.45, 2.75) is 32.2 Å². The van der Waals surface area contributed by atoms with Crippen LogP contribution in [-0.2, 0) is 13.6 Å². The molecule has 158 valence electrons. The fourth-order valence-electron chi connectivity index (χ4n) is 4.23. The van der Waals surface area contributed by atoms with E-state index in [-0.39, 0.29) is 0 Å². The average molecular weight is 414 g/mol. The molecule has 7 nitrogen and oxygen atoms in total. The van der Waals surface area contributed by atoms with Crippen molar-refractivity contribution in [1.82, 2.24) is 24.7 Å². The van der Waals surface area contributed by atoms with E-state index in [0.717, 1.165) is 66.5 Å². The van der Waals surface area contributed by atoms with E-state index in [1.807, 2.05) is 32.4 Å². The quantitative estimate of drug-likeness (QED) is 0.532. The second-order valence-corrected chi connectivity index (χ2v) is 8.25. The maximum atomic E-state index is 5.03. The van der Waals surface area contributed by atoms with Crippen molar-refractivity contribution >= 4 is 22.7 Å². The summed E-state index contributed by atoms with van der Waals surface area (Å²) in [7, 11) is 2.04. The van der Waals surface area contributed by atoms with E-state index in [2.05, 4.69) is 66.4 Å². The van der Waals surface area contributed by atoms with Gasteiger partial charge in [0, 0.05) is 38.3 Å². The molecule has 1 aliphatic rings. The predicted molar refractivity (Wildman–Crippen MR) is 123 cm³/mol. The first-order valence-electron chi connectivity index (χ1n) is 10.8. The minimum atomic E-state index is 0.422. The van der Waals surface area contributed by atoms with E-state index >= 15 is 0 Å². The Kier molecular flexibility index (Phi) is 5.24. The van der Waals surface area contributed by atoms with Crippen molar-refractivity contribution in [3.8, 4) is 0 Å². The Balaban J connectivity index is 1.36. The summed E-state index contributed by atoms with van der Waals surface area (Å²) < 4.78 is 2.07. The molecular weight excluding hydrogens is 386 g/mol. The molecule has 31 heavy (non-hydrogen) atoms. The van der Waals surface area contributed by atoms with Crippen LogP contribution in [0.1, 0.15) is 35.7 Å². The highest BCUT2D eigenvalue weighted by molar-refractivity contribution is 5.86. The molecule has 0 atom stereocenters. The minimum Gasteiger partial charge on any atom is -0.364 e. The SMILES string of the molecule is Cc1ccc(N2CCC(c3cc4c(ncn4C)c(NCc4ccccc4)n3)CC2)nn1. The monoisotopic (exact) mass is 413 g/mol. The molecule has 0 amide bonds. The van der Waals surface area contributed by atoms with Gasteiger partial charge in [0.2, 0.25) is 0 Å². The number of piperidine rings is 1. The maximum absolute atomic E-state index is 5.03. The highest BCUT2D eigenvalue weighted by Crippen LogP contribution is 2.32. The van der Waals surface area contributed by atoms with Crippen LogP contribution in [0.15, 0.2) is 54.9 Å². The number of fused-ring (bicyclic) bond motifs is 1. The first-order valence-corrected chi connectivity index (χ1v) is 10.8. The normalized spacial score (nSPS) is 14.8. The Morgan fingerprint density at radius 2 is 1.84 bits per heavy atom. The van der Waals surface area contributed by atoms with Crippen LogP contribution >= 0.6 is 0 Å². The number of anilines is 2. The van der Waals surface area contributed by atoms with Crippen molar-refractivity contribution in [3.63, 3.8) is 0 Å². The number of pyridine rings is 1. The van der Waals surface area contributed by atoms with Gasteiger partial charge in [-0.3, -0.25) is 0 Å². The Morgan fingerprint density at radius 1 is 1.03 bits per heavy atom.